The van der Waals surface area contributed by atoms with E-state index in [4.69, 9.17) is 4.74 Å². The number of hydrogen-bond acceptors (Lipinski definition) is 2. The summed E-state index contributed by atoms with van der Waals surface area (Å²) in [4.78, 5) is 2.67. The second-order valence-corrected chi connectivity index (χ2v) is 6.83. The van der Waals surface area contributed by atoms with E-state index in [0.29, 0.717) is 6.10 Å². The van der Waals surface area contributed by atoms with Gasteiger partial charge in [0.05, 0.1) is 12.8 Å². The molecule has 2 heteroatoms. The van der Waals surface area contributed by atoms with Crippen LogP contribution in [0.3, 0.4) is 0 Å². The molecule has 0 amide bonds. The molecule has 3 aliphatic rings. The molecular weight excluding hydrogens is 222 g/mol. The lowest BCUT2D eigenvalue weighted by Gasteiger charge is -2.42. The molecule has 0 aromatic rings. The minimum Gasteiger partial charge on any atom is -0.363 e. The van der Waals surface area contributed by atoms with E-state index in [0.717, 1.165) is 30.5 Å². The minimum absolute atomic E-state index is 0.569. The highest BCUT2D eigenvalue weighted by Gasteiger charge is 2.41. The van der Waals surface area contributed by atoms with Crippen LogP contribution in [0, 0.1) is 17.8 Å². The van der Waals surface area contributed by atoms with Crippen LogP contribution in [-0.2, 0) is 4.74 Å². The fraction of sp³-hybridized carbons (Fsp3) is 1.00. The first-order chi connectivity index (χ1) is 8.79. The summed E-state index contributed by atoms with van der Waals surface area (Å²) in [5.74, 6) is 2.60. The molecule has 2 aliphatic heterocycles. The van der Waals surface area contributed by atoms with Gasteiger partial charge in [-0.2, -0.15) is 0 Å². The molecule has 0 spiro atoms. The maximum absolute atomic E-state index is 6.27. The maximum Gasteiger partial charge on any atom is 0.0996 e. The van der Waals surface area contributed by atoms with E-state index in [1.807, 2.05) is 0 Å². The van der Waals surface area contributed by atoms with Crippen LogP contribution in [0.4, 0.5) is 0 Å². The van der Waals surface area contributed by atoms with Crippen molar-refractivity contribution in [2.45, 2.75) is 70.9 Å². The van der Waals surface area contributed by atoms with Crippen LogP contribution in [0.25, 0.3) is 0 Å². The summed E-state index contributed by atoms with van der Waals surface area (Å²) < 4.78 is 6.27. The van der Waals surface area contributed by atoms with Crippen molar-refractivity contribution in [1.29, 1.82) is 0 Å². The van der Waals surface area contributed by atoms with E-state index >= 15 is 0 Å². The van der Waals surface area contributed by atoms with Crippen molar-refractivity contribution in [3.63, 3.8) is 0 Å². The summed E-state index contributed by atoms with van der Waals surface area (Å²) in [6.07, 6.45) is 10.3. The summed E-state index contributed by atoms with van der Waals surface area (Å²) in [5, 5.41) is 0. The predicted octanol–water partition coefficient (Wildman–Crippen LogP) is 3.66. The van der Waals surface area contributed by atoms with Gasteiger partial charge in [-0.1, -0.05) is 33.1 Å². The third kappa shape index (κ3) is 2.34. The van der Waals surface area contributed by atoms with Crippen molar-refractivity contribution >= 4 is 0 Å². The van der Waals surface area contributed by atoms with Crippen molar-refractivity contribution in [2.24, 2.45) is 17.8 Å². The normalized spacial score (nSPS) is 46.0. The number of nitrogens with zero attached hydrogens (tertiary/aromatic N) is 1. The Bertz CT molecular complexity index is 280. The third-order valence-corrected chi connectivity index (χ3v) is 5.90. The molecule has 0 unspecified atom stereocenters. The van der Waals surface area contributed by atoms with Gasteiger partial charge in [-0.05, 0) is 43.4 Å². The molecule has 3 fully saturated rings. The van der Waals surface area contributed by atoms with Crippen molar-refractivity contribution in [3.8, 4) is 0 Å². The summed E-state index contributed by atoms with van der Waals surface area (Å²) in [7, 11) is 0. The van der Waals surface area contributed by atoms with E-state index in [9.17, 15) is 0 Å². The van der Waals surface area contributed by atoms with Crippen LogP contribution in [0.15, 0.2) is 0 Å². The number of fused-ring (bicyclic) bond motifs is 2. The Kier molecular flexibility index (Phi) is 3.95. The first-order valence-corrected chi connectivity index (χ1v) is 8.15. The van der Waals surface area contributed by atoms with Gasteiger partial charge in [-0.15, -0.1) is 0 Å². The highest BCUT2D eigenvalue weighted by molar-refractivity contribution is 4.92. The molecule has 2 nitrogen and oxygen atoms in total. The van der Waals surface area contributed by atoms with Gasteiger partial charge in [0, 0.05) is 12.6 Å². The zero-order valence-corrected chi connectivity index (χ0v) is 12.1. The lowest BCUT2D eigenvalue weighted by molar-refractivity contribution is -0.0526. The molecule has 5 atom stereocenters. The highest BCUT2D eigenvalue weighted by atomic mass is 16.5. The first-order valence-electron chi connectivity index (χ1n) is 8.15. The molecule has 2 saturated heterocycles. The molecule has 1 saturated carbocycles. The fourth-order valence-corrected chi connectivity index (χ4v) is 4.64. The van der Waals surface area contributed by atoms with Gasteiger partial charge in [0.1, 0.15) is 0 Å². The zero-order chi connectivity index (χ0) is 12.5. The molecule has 3 rings (SSSR count). The van der Waals surface area contributed by atoms with E-state index in [1.54, 1.807) is 0 Å². The Morgan fingerprint density at radius 2 is 1.94 bits per heavy atom. The summed E-state index contributed by atoms with van der Waals surface area (Å²) >= 11 is 0. The standard InChI is InChI=1S/C16H29NO/c1-3-13-8-9-15-12(2)14-6-4-5-7-16(14)18-11-17(15)10-13/h12-16H,3-11H2,1-2H3/t12-,13-,14-,15-,16+/m0/s1. The van der Waals surface area contributed by atoms with Crippen molar-refractivity contribution in [1.82, 2.24) is 4.90 Å². The molecule has 1 aliphatic carbocycles. The summed E-state index contributed by atoms with van der Waals surface area (Å²) in [5.41, 5.74) is 0. The monoisotopic (exact) mass is 251 g/mol. The van der Waals surface area contributed by atoms with Gasteiger partial charge in [0.25, 0.3) is 0 Å². The highest BCUT2D eigenvalue weighted by Crippen LogP contribution is 2.41. The average molecular weight is 251 g/mol. The first kappa shape index (κ1) is 12.9. The van der Waals surface area contributed by atoms with Crippen LogP contribution < -0.4 is 0 Å². The summed E-state index contributed by atoms with van der Waals surface area (Å²) in [6, 6.07) is 0.806. The topological polar surface area (TPSA) is 12.5 Å². The SMILES string of the molecule is CC[C@H]1CC[C@H]2[C@@H](C)[C@@H]3CCCC[C@H]3OCN2C1. The zero-order valence-electron chi connectivity index (χ0n) is 12.1. The Morgan fingerprint density at radius 3 is 2.78 bits per heavy atom. The van der Waals surface area contributed by atoms with Gasteiger partial charge in [-0.25, -0.2) is 0 Å². The second-order valence-electron chi connectivity index (χ2n) is 6.83. The number of rotatable bonds is 1. The van der Waals surface area contributed by atoms with Crippen LogP contribution >= 0.6 is 0 Å². The van der Waals surface area contributed by atoms with Crippen molar-refractivity contribution < 1.29 is 4.74 Å². The fourth-order valence-electron chi connectivity index (χ4n) is 4.64. The number of piperidine rings is 1. The van der Waals surface area contributed by atoms with Crippen LogP contribution in [0.5, 0.6) is 0 Å². The predicted molar refractivity (Wildman–Crippen MR) is 74.4 cm³/mol. The maximum atomic E-state index is 6.27. The van der Waals surface area contributed by atoms with Crippen LogP contribution in [0.2, 0.25) is 0 Å². The van der Waals surface area contributed by atoms with Crippen molar-refractivity contribution in [3.05, 3.63) is 0 Å². The quantitative estimate of drug-likeness (QED) is 0.705. The smallest absolute Gasteiger partial charge is 0.0996 e. The van der Waals surface area contributed by atoms with Gasteiger partial charge in [-0.3, -0.25) is 4.90 Å². The third-order valence-electron chi connectivity index (χ3n) is 5.90. The van der Waals surface area contributed by atoms with Gasteiger partial charge in [0.2, 0.25) is 0 Å². The number of hydrogen-bond donors (Lipinski definition) is 0. The van der Waals surface area contributed by atoms with Crippen LogP contribution in [-0.4, -0.2) is 30.3 Å². The Morgan fingerprint density at radius 1 is 1.11 bits per heavy atom. The molecule has 18 heavy (non-hydrogen) atoms. The van der Waals surface area contributed by atoms with Gasteiger partial charge < -0.3 is 4.74 Å². The van der Waals surface area contributed by atoms with Crippen molar-refractivity contribution in [2.75, 3.05) is 13.3 Å². The largest absolute Gasteiger partial charge is 0.363 e. The molecular formula is C16H29NO. The lowest BCUT2D eigenvalue weighted by Crippen LogP contribution is -2.47. The Hall–Kier alpha value is -0.0800. The molecule has 0 radical (unpaired) electrons. The van der Waals surface area contributed by atoms with E-state index in [2.05, 4.69) is 18.7 Å². The average Bonchev–Trinajstić information content (AvgIpc) is 2.57. The van der Waals surface area contributed by atoms with Crippen LogP contribution in [0.1, 0.15) is 58.8 Å². The molecule has 0 aromatic carbocycles. The molecule has 0 aromatic heterocycles. The Balaban J connectivity index is 1.73. The van der Waals surface area contributed by atoms with Gasteiger partial charge >= 0.3 is 0 Å². The van der Waals surface area contributed by atoms with Gasteiger partial charge in [0.15, 0.2) is 0 Å². The molecule has 0 N–H and O–H groups in total. The Labute approximate surface area is 112 Å². The minimum atomic E-state index is 0.569. The lowest BCUT2D eigenvalue weighted by atomic mass is 9.73. The van der Waals surface area contributed by atoms with E-state index in [-0.39, 0.29) is 0 Å². The number of ether oxygens (including phenoxy) is 1. The molecule has 0 bridgehead atoms. The van der Waals surface area contributed by atoms with E-state index in [1.165, 1.54) is 51.5 Å². The molecule has 2 heterocycles. The second kappa shape index (κ2) is 5.50. The summed E-state index contributed by atoms with van der Waals surface area (Å²) in [6.45, 7) is 7.03. The van der Waals surface area contributed by atoms with E-state index < -0.39 is 0 Å². The molecule has 104 valence electrons.